The Labute approximate surface area is 124 Å². The first-order valence-corrected chi connectivity index (χ1v) is 6.75. The van der Waals surface area contributed by atoms with Gasteiger partial charge in [0.05, 0.1) is 12.7 Å². The zero-order valence-corrected chi connectivity index (χ0v) is 11.8. The second kappa shape index (κ2) is 7.58. The van der Waals surface area contributed by atoms with E-state index < -0.39 is 0 Å². The largest absolute Gasteiger partial charge is 0.384 e. The maximum atomic E-state index is 13.3. The second-order valence-corrected chi connectivity index (χ2v) is 4.63. The molecule has 21 heavy (non-hydrogen) atoms. The van der Waals surface area contributed by atoms with Crippen molar-refractivity contribution in [1.82, 2.24) is 0 Å². The van der Waals surface area contributed by atoms with Crippen molar-refractivity contribution in [3.8, 4) is 11.8 Å². The summed E-state index contributed by atoms with van der Waals surface area (Å²) in [5, 5.41) is 8.76. The molecule has 0 radical (unpaired) electrons. The highest BCUT2D eigenvalue weighted by molar-refractivity contribution is 5.41. The van der Waals surface area contributed by atoms with Gasteiger partial charge in [0.25, 0.3) is 0 Å². The minimum absolute atomic E-state index is 0.0603. The van der Waals surface area contributed by atoms with Crippen LogP contribution in [0.15, 0.2) is 48.5 Å². The van der Waals surface area contributed by atoms with Crippen molar-refractivity contribution in [2.75, 3.05) is 6.61 Å². The number of aliphatic hydroxyl groups is 1. The van der Waals surface area contributed by atoms with Gasteiger partial charge in [-0.3, -0.25) is 0 Å². The highest BCUT2D eigenvalue weighted by Gasteiger charge is 2.08. The molecule has 2 aromatic carbocycles. The Morgan fingerprint density at radius 3 is 2.67 bits per heavy atom. The minimum Gasteiger partial charge on any atom is -0.384 e. The van der Waals surface area contributed by atoms with Crippen LogP contribution in [0.1, 0.15) is 29.7 Å². The molecule has 0 amide bonds. The van der Waals surface area contributed by atoms with Gasteiger partial charge in [-0.2, -0.15) is 0 Å². The lowest BCUT2D eigenvalue weighted by atomic mass is 10.1. The highest BCUT2D eigenvalue weighted by atomic mass is 19.1. The van der Waals surface area contributed by atoms with Crippen LogP contribution in [0.4, 0.5) is 4.39 Å². The van der Waals surface area contributed by atoms with E-state index in [2.05, 4.69) is 11.8 Å². The lowest BCUT2D eigenvalue weighted by Gasteiger charge is -2.14. The predicted molar refractivity (Wildman–Crippen MR) is 80.0 cm³/mol. The Kier molecular flexibility index (Phi) is 5.51. The number of hydrogen-bond donors (Lipinski definition) is 1. The molecular formula is C18H17FO2. The first kappa shape index (κ1) is 15.2. The fourth-order valence-electron chi connectivity index (χ4n) is 1.96. The molecule has 0 saturated carbocycles. The topological polar surface area (TPSA) is 29.5 Å². The quantitative estimate of drug-likeness (QED) is 0.871. The summed E-state index contributed by atoms with van der Waals surface area (Å²) in [6, 6.07) is 14.3. The Balaban J connectivity index is 2.09. The Morgan fingerprint density at radius 2 is 1.95 bits per heavy atom. The van der Waals surface area contributed by atoms with Crippen molar-refractivity contribution >= 4 is 0 Å². The zero-order valence-electron chi connectivity index (χ0n) is 11.8. The molecule has 0 saturated heterocycles. The third-order valence-corrected chi connectivity index (χ3v) is 3.13. The normalized spacial score (nSPS) is 11.6. The van der Waals surface area contributed by atoms with Crippen molar-refractivity contribution in [3.63, 3.8) is 0 Å². The highest BCUT2D eigenvalue weighted by Crippen LogP contribution is 2.19. The van der Waals surface area contributed by atoms with Crippen LogP contribution >= 0.6 is 0 Å². The zero-order chi connectivity index (χ0) is 15.1. The number of ether oxygens (including phenoxy) is 1. The van der Waals surface area contributed by atoms with Crippen molar-refractivity contribution < 1.29 is 14.2 Å². The molecule has 2 aromatic rings. The van der Waals surface area contributed by atoms with Gasteiger partial charge in [-0.25, -0.2) is 4.39 Å². The van der Waals surface area contributed by atoms with Gasteiger partial charge in [0.1, 0.15) is 12.4 Å². The lowest BCUT2D eigenvalue weighted by molar-refractivity contribution is 0.0524. The molecule has 0 aliphatic heterocycles. The van der Waals surface area contributed by atoms with Gasteiger partial charge in [0, 0.05) is 5.56 Å². The molecule has 0 heterocycles. The third-order valence-electron chi connectivity index (χ3n) is 3.13. The van der Waals surface area contributed by atoms with Crippen LogP contribution in [-0.2, 0) is 11.3 Å². The molecule has 108 valence electrons. The van der Waals surface area contributed by atoms with Crippen molar-refractivity contribution in [3.05, 3.63) is 71.0 Å². The van der Waals surface area contributed by atoms with Crippen LogP contribution in [0.5, 0.6) is 0 Å². The van der Waals surface area contributed by atoms with Gasteiger partial charge in [-0.05, 0) is 30.2 Å². The first-order valence-electron chi connectivity index (χ1n) is 6.75. The fraction of sp³-hybridized carbons (Fsp3) is 0.222. The maximum absolute atomic E-state index is 13.3. The van der Waals surface area contributed by atoms with Crippen molar-refractivity contribution in [2.24, 2.45) is 0 Å². The molecule has 2 rings (SSSR count). The third kappa shape index (κ3) is 4.42. The molecule has 0 aromatic heterocycles. The summed E-state index contributed by atoms with van der Waals surface area (Å²) in [6.45, 7) is 2.06. The first-order chi connectivity index (χ1) is 10.2. The van der Waals surface area contributed by atoms with E-state index in [-0.39, 0.29) is 18.5 Å². The fourth-order valence-corrected chi connectivity index (χ4v) is 1.96. The Bertz CT molecular complexity index is 641. The van der Waals surface area contributed by atoms with E-state index >= 15 is 0 Å². The lowest BCUT2D eigenvalue weighted by Crippen LogP contribution is -2.02. The average molecular weight is 284 g/mol. The molecule has 1 atom stereocenters. The molecule has 0 aliphatic rings. The molecule has 1 N–H and O–H groups in total. The summed E-state index contributed by atoms with van der Waals surface area (Å²) in [5.41, 5.74) is 2.44. The molecule has 0 spiro atoms. The van der Waals surface area contributed by atoms with E-state index in [1.165, 1.54) is 12.1 Å². The standard InChI is InChI=1S/C18H17FO2/c1-14(15-6-3-2-4-7-15)21-13-17-9-10-18(19)12-16(17)8-5-11-20/h2-4,6-7,9-10,12,14,20H,11,13H2,1H3. The number of rotatable bonds is 4. The number of hydrogen-bond acceptors (Lipinski definition) is 2. The molecule has 0 bridgehead atoms. The predicted octanol–water partition coefficient (Wildman–Crippen LogP) is 3.45. The molecule has 0 fully saturated rings. The molecular weight excluding hydrogens is 267 g/mol. The van der Waals surface area contributed by atoms with E-state index in [1.54, 1.807) is 6.07 Å². The van der Waals surface area contributed by atoms with Crippen LogP contribution < -0.4 is 0 Å². The van der Waals surface area contributed by atoms with Crippen LogP contribution in [0, 0.1) is 17.7 Å². The molecule has 1 unspecified atom stereocenters. The summed E-state index contributed by atoms with van der Waals surface area (Å²) >= 11 is 0. The monoisotopic (exact) mass is 284 g/mol. The Morgan fingerprint density at radius 1 is 1.19 bits per heavy atom. The van der Waals surface area contributed by atoms with Gasteiger partial charge in [0.2, 0.25) is 0 Å². The smallest absolute Gasteiger partial charge is 0.124 e. The Hall–Kier alpha value is -2.15. The summed E-state index contributed by atoms with van der Waals surface area (Å²) in [5.74, 6) is 4.93. The maximum Gasteiger partial charge on any atom is 0.124 e. The minimum atomic E-state index is -0.350. The summed E-state index contributed by atoms with van der Waals surface area (Å²) < 4.78 is 19.1. The van der Waals surface area contributed by atoms with Crippen molar-refractivity contribution in [1.29, 1.82) is 0 Å². The van der Waals surface area contributed by atoms with E-state index in [4.69, 9.17) is 9.84 Å². The van der Waals surface area contributed by atoms with Crippen LogP contribution in [0.3, 0.4) is 0 Å². The van der Waals surface area contributed by atoms with E-state index in [9.17, 15) is 4.39 Å². The molecule has 3 heteroatoms. The average Bonchev–Trinajstić information content (AvgIpc) is 2.52. The van der Waals surface area contributed by atoms with E-state index in [0.717, 1.165) is 11.1 Å². The summed E-state index contributed by atoms with van der Waals surface area (Å²) in [6.07, 6.45) is -0.0603. The second-order valence-electron chi connectivity index (χ2n) is 4.63. The van der Waals surface area contributed by atoms with Gasteiger partial charge in [0.15, 0.2) is 0 Å². The van der Waals surface area contributed by atoms with Gasteiger partial charge in [-0.1, -0.05) is 48.2 Å². The summed E-state index contributed by atoms with van der Waals surface area (Å²) in [4.78, 5) is 0. The number of benzene rings is 2. The van der Waals surface area contributed by atoms with Crippen LogP contribution in [0.25, 0.3) is 0 Å². The van der Waals surface area contributed by atoms with Crippen LogP contribution in [0.2, 0.25) is 0 Å². The number of aliphatic hydroxyl groups excluding tert-OH is 1. The van der Waals surface area contributed by atoms with Gasteiger partial charge in [-0.15, -0.1) is 0 Å². The summed E-state index contributed by atoms with van der Waals surface area (Å²) in [7, 11) is 0. The molecule has 0 aliphatic carbocycles. The SMILES string of the molecule is CC(OCc1ccc(F)cc1C#CCO)c1ccccc1. The van der Waals surface area contributed by atoms with Gasteiger partial charge < -0.3 is 9.84 Å². The molecule has 2 nitrogen and oxygen atoms in total. The number of halogens is 1. The van der Waals surface area contributed by atoms with E-state index in [1.807, 2.05) is 37.3 Å². The van der Waals surface area contributed by atoms with Crippen molar-refractivity contribution in [2.45, 2.75) is 19.6 Å². The van der Waals surface area contributed by atoms with E-state index in [0.29, 0.717) is 12.2 Å². The van der Waals surface area contributed by atoms with Crippen LogP contribution in [-0.4, -0.2) is 11.7 Å². The van der Waals surface area contributed by atoms with Gasteiger partial charge >= 0.3 is 0 Å².